The Morgan fingerprint density at radius 2 is 1.92 bits per heavy atom. The van der Waals surface area contributed by atoms with Gasteiger partial charge >= 0.3 is 6.18 Å². The van der Waals surface area contributed by atoms with E-state index in [9.17, 15) is 22.8 Å². The second-order valence-electron chi connectivity index (χ2n) is 8.93. The van der Waals surface area contributed by atoms with Gasteiger partial charge in [0.05, 0.1) is 29.1 Å². The van der Waals surface area contributed by atoms with Crippen molar-refractivity contribution in [1.82, 2.24) is 19.3 Å². The van der Waals surface area contributed by atoms with Gasteiger partial charge in [-0.1, -0.05) is 5.92 Å². The third kappa shape index (κ3) is 5.05. The van der Waals surface area contributed by atoms with Crippen LogP contribution in [-0.4, -0.2) is 37.6 Å². The molecule has 3 aromatic heterocycles. The molecule has 7 nitrogen and oxygen atoms in total. The lowest BCUT2D eigenvalue weighted by Gasteiger charge is -2.22. The minimum Gasteiger partial charge on any atom is -0.325 e. The van der Waals surface area contributed by atoms with Crippen molar-refractivity contribution in [3.8, 4) is 23.1 Å². The summed E-state index contributed by atoms with van der Waals surface area (Å²) in [5.41, 5.74) is 1.17. The maximum atomic E-state index is 15.4. The maximum absolute atomic E-state index is 15.4. The van der Waals surface area contributed by atoms with Gasteiger partial charge in [-0.2, -0.15) is 13.2 Å². The van der Waals surface area contributed by atoms with Crippen LogP contribution in [0.25, 0.3) is 16.8 Å². The van der Waals surface area contributed by atoms with Gasteiger partial charge in [-0.15, -0.1) is 0 Å². The standard InChI is InChI=1S/C28H21F4N5O2/c1-2-4-26(38)36-12-3-5-22(36)20-15-24(37-16-33-10-9-23(20)37)19-7-6-17(13-21(19)29)27(39)35-25-14-18(8-11-34-25)28(30,31)32/h6-11,13-16,22H,3,5,12H2,1H3,(H,34,35,39). The van der Waals surface area contributed by atoms with Crippen LogP contribution in [0.15, 0.2) is 61.2 Å². The summed E-state index contributed by atoms with van der Waals surface area (Å²) in [5, 5.41) is 2.27. The molecule has 0 saturated carbocycles. The lowest BCUT2D eigenvalue weighted by Crippen LogP contribution is -2.29. The third-order valence-electron chi connectivity index (χ3n) is 6.55. The van der Waals surface area contributed by atoms with Crippen LogP contribution in [0.4, 0.5) is 23.4 Å². The molecule has 1 aromatic carbocycles. The number of nitrogens with one attached hydrogen (secondary N) is 1. The van der Waals surface area contributed by atoms with Crippen molar-refractivity contribution in [2.75, 3.05) is 11.9 Å². The number of anilines is 1. The third-order valence-corrected chi connectivity index (χ3v) is 6.55. The topological polar surface area (TPSA) is 79.6 Å². The van der Waals surface area contributed by atoms with Gasteiger partial charge < -0.3 is 10.2 Å². The van der Waals surface area contributed by atoms with Gasteiger partial charge in [-0.05, 0) is 68.2 Å². The van der Waals surface area contributed by atoms with Crippen LogP contribution in [0.1, 0.15) is 47.3 Å². The fourth-order valence-corrected chi connectivity index (χ4v) is 4.79. The van der Waals surface area contributed by atoms with Gasteiger partial charge in [0.15, 0.2) is 0 Å². The normalized spacial score (nSPS) is 15.2. The van der Waals surface area contributed by atoms with Crippen molar-refractivity contribution in [2.45, 2.75) is 32.0 Å². The van der Waals surface area contributed by atoms with E-state index in [-0.39, 0.29) is 28.9 Å². The average Bonchev–Trinajstić information content (AvgIpc) is 3.54. The number of hydrogen-bond acceptors (Lipinski definition) is 4. The molecule has 1 atom stereocenters. The molecule has 0 spiro atoms. The molecule has 4 heterocycles. The van der Waals surface area contributed by atoms with E-state index >= 15 is 4.39 Å². The molecule has 2 amide bonds. The SMILES string of the molecule is CC#CC(=O)N1CCCC1c1cc(-c2ccc(C(=O)Nc3cc(C(F)(F)F)ccn3)cc2F)n2cnccc12. The number of halogens is 4. The fraction of sp³-hybridized carbons (Fsp3) is 0.214. The number of aromatic nitrogens is 3. The molecular formula is C28H21F4N5O2. The highest BCUT2D eigenvalue weighted by Crippen LogP contribution is 2.38. The lowest BCUT2D eigenvalue weighted by molar-refractivity contribution is -0.137. The number of likely N-dealkylation sites (tertiary alicyclic amines) is 1. The largest absolute Gasteiger partial charge is 0.416 e. The highest BCUT2D eigenvalue weighted by atomic mass is 19.4. The van der Waals surface area contributed by atoms with Crippen molar-refractivity contribution in [3.05, 3.63) is 83.7 Å². The van der Waals surface area contributed by atoms with Gasteiger partial charge in [0, 0.05) is 35.6 Å². The number of pyridine rings is 1. The number of benzene rings is 1. The van der Waals surface area contributed by atoms with Crippen LogP contribution in [-0.2, 0) is 11.0 Å². The first kappa shape index (κ1) is 25.9. The van der Waals surface area contributed by atoms with E-state index in [0.717, 1.165) is 42.3 Å². The summed E-state index contributed by atoms with van der Waals surface area (Å²) in [6.07, 6.45) is 1.01. The summed E-state index contributed by atoms with van der Waals surface area (Å²) in [5.74, 6) is 3.11. The molecule has 11 heteroatoms. The van der Waals surface area contributed by atoms with E-state index in [1.54, 1.807) is 40.9 Å². The number of hydrogen-bond donors (Lipinski definition) is 1. The van der Waals surface area contributed by atoms with Gasteiger partial charge in [-0.3, -0.25) is 14.0 Å². The zero-order valence-electron chi connectivity index (χ0n) is 20.6. The Hall–Kier alpha value is -4.72. The van der Waals surface area contributed by atoms with Crippen LogP contribution in [0.2, 0.25) is 0 Å². The van der Waals surface area contributed by atoms with Crippen LogP contribution >= 0.6 is 0 Å². The van der Waals surface area contributed by atoms with E-state index in [4.69, 9.17) is 0 Å². The molecule has 39 heavy (non-hydrogen) atoms. The monoisotopic (exact) mass is 535 g/mol. The summed E-state index contributed by atoms with van der Waals surface area (Å²) >= 11 is 0. The van der Waals surface area contributed by atoms with E-state index in [1.165, 1.54) is 12.1 Å². The lowest BCUT2D eigenvalue weighted by atomic mass is 10.0. The summed E-state index contributed by atoms with van der Waals surface area (Å²) in [4.78, 5) is 34.8. The van der Waals surface area contributed by atoms with Crippen molar-refractivity contribution < 1.29 is 27.2 Å². The molecule has 1 unspecified atom stereocenters. The molecule has 0 bridgehead atoms. The average molecular weight is 536 g/mol. The Balaban J connectivity index is 1.47. The first-order valence-corrected chi connectivity index (χ1v) is 12.0. The number of fused-ring (bicyclic) bond motifs is 1. The molecule has 0 radical (unpaired) electrons. The summed E-state index contributed by atoms with van der Waals surface area (Å²) < 4.78 is 56.0. The van der Waals surface area contributed by atoms with Crippen molar-refractivity contribution in [2.24, 2.45) is 0 Å². The number of rotatable bonds is 4. The number of amides is 2. The molecule has 1 aliphatic rings. The number of carbonyl (C=O) groups excluding carboxylic acids is 2. The van der Waals surface area contributed by atoms with E-state index < -0.39 is 23.5 Å². The molecule has 5 rings (SSSR count). The van der Waals surface area contributed by atoms with Crippen LogP contribution in [0.5, 0.6) is 0 Å². The summed E-state index contributed by atoms with van der Waals surface area (Å²) in [6.45, 7) is 2.16. The number of alkyl halides is 3. The maximum Gasteiger partial charge on any atom is 0.416 e. The second kappa shape index (κ2) is 10.2. The quantitative estimate of drug-likeness (QED) is 0.277. The van der Waals surface area contributed by atoms with Gasteiger partial charge in [-0.25, -0.2) is 14.4 Å². The first-order valence-electron chi connectivity index (χ1n) is 12.0. The molecule has 1 fully saturated rings. The van der Waals surface area contributed by atoms with Crippen LogP contribution in [0, 0.1) is 17.7 Å². The zero-order chi connectivity index (χ0) is 27.7. The summed E-state index contributed by atoms with van der Waals surface area (Å²) in [7, 11) is 0. The van der Waals surface area contributed by atoms with Gasteiger partial charge in [0.25, 0.3) is 11.8 Å². The highest BCUT2D eigenvalue weighted by Gasteiger charge is 2.32. The second-order valence-corrected chi connectivity index (χ2v) is 8.93. The van der Waals surface area contributed by atoms with Crippen molar-refractivity contribution >= 4 is 23.1 Å². The van der Waals surface area contributed by atoms with E-state index in [1.807, 2.05) is 0 Å². The minimum absolute atomic E-state index is 0.0969. The van der Waals surface area contributed by atoms with Gasteiger partial charge in [0.1, 0.15) is 11.6 Å². The first-order chi connectivity index (χ1) is 18.7. The molecule has 1 N–H and O–H groups in total. The molecular weight excluding hydrogens is 514 g/mol. The minimum atomic E-state index is -4.60. The molecule has 0 aliphatic carbocycles. The van der Waals surface area contributed by atoms with E-state index in [2.05, 4.69) is 27.1 Å². The van der Waals surface area contributed by atoms with E-state index in [0.29, 0.717) is 18.3 Å². The summed E-state index contributed by atoms with van der Waals surface area (Å²) in [6, 6.07) is 8.64. The van der Waals surface area contributed by atoms with Crippen molar-refractivity contribution in [3.63, 3.8) is 0 Å². The fourth-order valence-electron chi connectivity index (χ4n) is 4.79. The predicted molar refractivity (Wildman–Crippen MR) is 135 cm³/mol. The molecule has 4 aromatic rings. The molecule has 1 saturated heterocycles. The number of carbonyl (C=O) groups is 2. The predicted octanol–water partition coefficient (Wildman–Crippen LogP) is 5.49. The Bertz CT molecular complexity index is 1650. The van der Waals surface area contributed by atoms with Gasteiger partial charge in [0.2, 0.25) is 0 Å². The zero-order valence-corrected chi connectivity index (χ0v) is 20.6. The highest BCUT2D eigenvalue weighted by molar-refractivity contribution is 6.04. The van der Waals surface area contributed by atoms with Crippen LogP contribution < -0.4 is 5.32 Å². The Kier molecular flexibility index (Phi) is 6.78. The van der Waals surface area contributed by atoms with Crippen molar-refractivity contribution in [1.29, 1.82) is 0 Å². The smallest absolute Gasteiger partial charge is 0.325 e. The van der Waals surface area contributed by atoms with Crippen LogP contribution in [0.3, 0.4) is 0 Å². The number of nitrogens with zero attached hydrogens (tertiary/aromatic N) is 4. The Morgan fingerprint density at radius 1 is 1.10 bits per heavy atom. The Labute approximate surface area is 220 Å². The molecule has 1 aliphatic heterocycles. The molecule has 198 valence electrons. The Morgan fingerprint density at radius 3 is 2.67 bits per heavy atom.